The third kappa shape index (κ3) is 6.84. The van der Waals surface area contributed by atoms with Gasteiger partial charge in [-0.2, -0.15) is 35.2 Å². The third-order valence-corrected chi connectivity index (χ3v) is 8.24. The molecule has 1 atom stereocenters. The third-order valence-electron chi connectivity index (χ3n) is 6.08. The largest absolute Gasteiger partial charge is 0.433 e. The monoisotopic (exact) mass is 586 g/mol. The summed E-state index contributed by atoms with van der Waals surface area (Å²) in [6.45, 7) is 0.0363. The van der Waals surface area contributed by atoms with E-state index in [1.165, 1.54) is 46.6 Å². The van der Waals surface area contributed by atoms with Gasteiger partial charge in [0.2, 0.25) is 11.9 Å². The SMILES string of the molecule is CN(C)S(=O)(=O)N1CCN(c2cc(C(F)(F)F)nc(-n3ccnc3)n2)C(CC(=O)NCc2ccc(Cl)cc2)C1. The number of imidazole rings is 1. The van der Waals surface area contributed by atoms with E-state index in [1.54, 1.807) is 24.3 Å². The molecule has 3 aromatic rings. The van der Waals surface area contributed by atoms with E-state index < -0.39 is 34.0 Å². The number of nitrogens with one attached hydrogen (secondary N) is 1. The number of hydrogen-bond acceptors (Lipinski definition) is 7. The van der Waals surface area contributed by atoms with Crippen LogP contribution in [-0.4, -0.2) is 82.2 Å². The van der Waals surface area contributed by atoms with E-state index in [0.29, 0.717) is 5.02 Å². The van der Waals surface area contributed by atoms with Crippen molar-refractivity contribution in [2.24, 2.45) is 0 Å². The van der Waals surface area contributed by atoms with Crippen molar-refractivity contribution in [1.82, 2.24) is 33.4 Å². The van der Waals surface area contributed by atoms with Crippen molar-refractivity contribution < 1.29 is 26.4 Å². The number of carbonyl (C=O) groups excluding carboxylic acids is 1. The molecule has 1 N–H and O–H groups in total. The minimum atomic E-state index is -4.77. The molecule has 210 valence electrons. The van der Waals surface area contributed by atoms with Crippen molar-refractivity contribution in [2.45, 2.75) is 25.2 Å². The van der Waals surface area contributed by atoms with Gasteiger partial charge in [-0.15, -0.1) is 0 Å². The molecule has 4 rings (SSSR count). The van der Waals surface area contributed by atoms with Crippen molar-refractivity contribution in [3.8, 4) is 5.95 Å². The van der Waals surface area contributed by atoms with Crippen LogP contribution in [0, 0.1) is 0 Å². The highest BCUT2D eigenvalue weighted by Gasteiger charge is 2.39. The maximum absolute atomic E-state index is 13.8. The van der Waals surface area contributed by atoms with Crippen molar-refractivity contribution in [1.29, 1.82) is 0 Å². The molecule has 16 heteroatoms. The molecular formula is C23H26ClF3N8O3S. The van der Waals surface area contributed by atoms with Crippen LogP contribution in [0.1, 0.15) is 17.7 Å². The average Bonchev–Trinajstić information content (AvgIpc) is 3.43. The Morgan fingerprint density at radius 1 is 1.18 bits per heavy atom. The lowest BCUT2D eigenvalue weighted by Crippen LogP contribution is -2.58. The summed E-state index contributed by atoms with van der Waals surface area (Å²) in [5.41, 5.74) is -0.383. The van der Waals surface area contributed by atoms with E-state index in [9.17, 15) is 26.4 Å². The summed E-state index contributed by atoms with van der Waals surface area (Å²) >= 11 is 5.90. The van der Waals surface area contributed by atoms with Crippen LogP contribution in [-0.2, 0) is 27.7 Å². The second-order valence-electron chi connectivity index (χ2n) is 8.98. The lowest BCUT2D eigenvalue weighted by atomic mass is 10.1. The summed E-state index contributed by atoms with van der Waals surface area (Å²) in [5.74, 6) is -0.756. The first-order valence-electron chi connectivity index (χ1n) is 11.7. The van der Waals surface area contributed by atoms with E-state index >= 15 is 0 Å². The number of hydrogen-bond donors (Lipinski definition) is 1. The van der Waals surface area contributed by atoms with Gasteiger partial charge in [-0.1, -0.05) is 23.7 Å². The molecule has 2 aromatic heterocycles. The van der Waals surface area contributed by atoms with Gasteiger partial charge >= 0.3 is 6.18 Å². The van der Waals surface area contributed by atoms with Crippen molar-refractivity contribution >= 4 is 33.5 Å². The number of rotatable bonds is 8. The Bertz CT molecular complexity index is 1400. The van der Waals surface area contributed by atoms with Crippen LogP contribution < -0.4 is 10.2 Å². The van der Waals surface area contributed by atoms with Crippen LogP contribution in [0.3, 0.4) is 0 Å². The van der Waals surface area contributed by atoms with Gasteiger partial charge in [0.1, 0.15) is 12.1 Å². The van der Waals surface area contributed by atoms with Gasteiger partial charge in [0.15, 0.2) is 5.69 Å². The van der Waals surface area contributed by atoms with Crippen LogP contribution in [0.15, 0.2) is 49.1 Å². The fourth-order valence-corrected chi connectivity index (χ4v) is 5.30. The van der Waals surface area contributed by atoms with Gasteiger partial charge in [0, 0.05) is 70.2 Å². The number of halogens is 4. The topological polar surface area (TPSA) is 117 Å². The smallest absolute Gasteiger partial charge is 0.352 e. The van der Waals surface area contributed by atoms with Gasteiger partial charge in [-0.3, -0.25) is 9.36 Å². The highest BCUT2D eigenvalue weighted by molar-refractivity contribution is 7.86. The van der Waals surface area contributed by atoms with Gasteiger partial charge in [-0.05, 0) is 17.7 Å². The number of alkyl halides is 3. The molecule has 0 radical (unpaired) electrons. The molecule has 1 saturated heterocycles. The molecule has 1 aliphatic rings. The highest BCUT2D eigenvalue weighted by Crippen LogP contribution is 2.32. The van der Waals surface area contributed by atoms with Crippen molar-refractivity contribution in [2.75, 3.05) is 38.6 Å². The molecule has 1 fully saturated rings. The number of piperazine rings is 1. The lowest BCUT2D eigenvalue weighted by Gasteiger charge is -2.42. The molecule has 1 aromatic carbocycles. The number of amides is 1. The van der Waals surface area contributed by atoms with E-state index in [-0.39, 0.29) is 44.4 Å². The Kier molecular flexibility index (Phi) is 8.44. The zero-order valence-corrected chi connectivity index (χ0v) is 22.6. The number of anilines is 1. The van der Waals surface area contributed by atoms with Crippen LogP contribution in [0.25, 0.3) is 5.95 Å². The molecule has 39 heavy (non-hydrogen) atoms. The zero-order valence-electron chi connectivity index (χ0n) is 21.0. The summed E-state index contributed by atoms with van der Waals surface area (Å²) < 4.78 is 70.4. The minimum Gasteiger partial charge on any atom is -0.352 e. The lowest BCUT2D eigenvalue weighted by molar-refractivity contribution is -0.141. The Morgan fingerprint density at radius 3 is 2.51 bits per heavy atom. The summed E-state index contributed by atoms with van der Waals surface area (Å²) in [6, 6.07) is 6.85. The van der Waals surface area contributed by atoms with E-state index in [0.717, 1.165) is 15.9 Å². The number of carbonyl (C=O) groups is 1. The second-order valence-corrected chi connectivity index (χ2v) is 11.6. The first-order valence-corrected chi connectivity index (χ1v) is 13.5. The standard InChI is InChI=1S/C23H26ClF3N8O3S/c1-32(2)39(37,38)34-9-10-35(18(14-34)11-21(36)29-13-16-3-5-17(24)6-4-16)20-12-19(23(25,26)27)30-22(31-20)33-8-7-28-15-33/h3-8,12,15,18H,9-11,13-14H2,1-2H3,(H,29,36). The molecule has 1 amide bonds. The molecule has 3 heterocycles. The summed E-state index contributed by atoms with van der Waals surface area (Å²) in [5, 5.41) is 3.32. The first kappa shape index (κ1) is 28.7. The number of nitrogens with zero attached hydrogens (tertiary/aromatic N) is 7. The molecular weight excluding hydrogens is 561 g/mol. The van der Waals surface area contributed by atoms with Crippen LogP contribution in [0.5, 0.6) is 0 Å². The fraction of sp³-hybridized carbons (Fsp3) is 0.391. The van der Waals surface area contributed by atoms with Gasteiger partial charge < -0.3 is 10.2 Å². The summed E-state index contributed by atoms with van der Waals surface area (Å²) in [6.07, 6.45) is -0.916. The van der Waals surface area contributed by atoms with Crippen LogP contribution in [0.2, 0.25) is 5.02 Å². The normalized spacial score (nSPS) is 17.0. The molecule has 0 saturated carbocycles. The maximum atomic E-state index is 13.8. The van der Waals surface area contributed by atoms with E-state index in [1.807, 2.05) is 0 Å². The zero-order chi connectivity index (χ0) is 28.4. The molecule has 0 spiro atoms. The summed E-state index contributed by atoms with van der Waals surface area (Å²) in [4.78, 5) is 26.2. The molecule has 11 nitrogen and oxygen atoms in total. The minimum absolute atomic E-state index is 0.000119. The van der Waals surface area contributed by atoms with E-state index in [2.05, 4.69) is 20.3 Å². The second kappa shape index (κ2) is 11.5. The Labute approximate surface area is 228 Å². The Balaban J connectivity index is 1.64. The van der Waals surface area contributed by atoms with Crippen LogP contribution in [0.4, 0.5) is 19.0 Å². The first-order chi connectivity index (χ1) is 18.3. The number of benzene rings is 1. The van der Waals surface area contributed by atoms with Crippen molar-refractivity contribution in [3.63, 3.8) is 0 Å². The number of aromatic nitrogens is 4. The molecule has 1 aliphatic heterocycles. The summed E-state index contributed by atoms with van der Waals surface area (Å²) in [7, 11) is -1.07. The van der Waals surface area contributed by atoms with Gasteiger partial charge in [0.25, 0.3) is 10.2 Å². The van der Waals surface area contributed by atoms with Crippen molar-refractivity contribution in [3.05, 3.63) is 65.3 Å². The quantitative estimate of drug-likeness (QED) is 0.431. The van der Waals surface area contributed by atoms with E-state index in [4.69, 9.17) is 11.6 Å². The maximum Gasteiger partial charge on any atom is 0.433 e. The highest BCUT2D eigenvalue weighted by atomic mass is 35.5. The van der Waals surface area contributed by atoms with Crippen LogP contribution >= 0.6 is 11.6 Å². The molecule has 0 bridgehead atoms. The average molecular weight is 587 g/mol. The van der Waals surface area contributed by atoms with Gasteiger partial charge in [0.05, 0.1) is 6.04 Å². The predicted molar refractivity (Wildman–Crippen MR) is 137 cm³/mol. The Morgan fingerprint density at radius 2 is 1.90 bits per heavy atom. The fourth-order valence-electron chi connectivity index (χ4n) is 4.04. The Hall–Kier alpha value is -3.27. The molecule has 0 aliphatic carbocycles. The predicted octanol–water partition coefficient (Wildman–Crippen LogP) is 2.34. The van der Waals surface area contributed by atoms with Gasteiger partial charge in [-0.25, -0.2) is 9.97 Å². The molecule has 1 unspecified atom stereocenters.